The summed E-state index contributed by atoms with van der Waals surface area (Å²) < 4.78 is 4.91. The molecule has 0 radical (unpaired) electrons. The molecule has 0 aliphatic rings. The fourth-order valence-corrected chi connectivity index (χ4v) is 2.05. The largest absolute Gasteiger partial charge is 0.361 e. The Morgan fingerprint density at radius 1 is 1.47 bits per heavy atom. The monoisotopic (exact) mass is 281 g/mol. The third-order valence-corrected chi connectivity index (χ3v) is 3.13. The Balaban J connectivity index is 1.87. The second-order valence-corrected chi connectivity index (χ2v) is 4.93. The lowest BCUT2D eigenvalue weighted by atomic mass is 10.4. The van der Waals surface area contributed by atoms with Crippen molar-refractivity contribution in [1.29, 1.82) is 0 Å². The maximum Gasteiger partial charge on any atom is 0.282 e. The number of rotatable bonds is 6. The second kappa shape index (κ2) is 6.28. The first kappa shape index (κ1) is 13.5. The Bertz CT molecular complexity index is 551. The highest BCUT2D eigenvalue weighted by Crippen LogP contribution is 2.14. The molecule has 0 atom stereocenters. The number of hydrogen-bond donors (Lipinski definition) is 2. The van der Waals surface area contributed by atoms with Gasteiger partial charge in [0.05, 0.1) is 6.54 Å². The molecule has 0 bridgehead atoms. The van der Waals surface area contributed by atoms with E-state index in [1.54, 1.807) is 13.0 Å². The fraction of sp³-hybridized carbons (Fsp3) is 0.455. The van der Waals surface area contributed by atoms with Crippen molar-refractivity contribution in [3.05, 3.63) is 22.5 Å². The quantitative estimate of drug-likeness (QED) is 0.835. The summed E-state index contributed by atoms with van der Waals surface area (Å²) in [5, 5.41) is 18.3. The third kappa shape index (κ3) is 3.75. The van der Waals surface area contributed by atoms with E-state index < -0.39 is 0 Å². The van der Waals surface area contributed by atoms with Crippen LogP contribution < -0.4 is 10.6 Å². The van der Waals surface area contributed by atoms with Gasteiger partial charge in [0.25, 0.3) is 5.91 Å². The summed E-state index contributed by atoms with van der Waals surface area (Å²) in [5.41, 5.74) is 0.680. The van der Waals surface area contributed by atoms with E-state index >= 15 is 0 Å². The number of nitrogens with zero attached hydrogens (tertiary/aromatic N) is 3. The first-order chi connectivity index (χ1) is 9.19. The lowest BCUT2D eigenvalue weighted by Gasteiger charge is -1.98. The molecular formula is C11H15N5O2S. The molecule has 0 aliphatic carbocycles. The molecule has 2 rings (SSSR count). The smallest absolute Gasteiger partial charge is 0.282 e. The molecule has 0 fully saturated rings. The number of carbonyl (C=O) groups is 1. The van der Waals surface area contributed by atoms with Gasteiger partial charge >= 0.3 is 0 Å². The molecule has 2 aromatic rings. The van der Waals surface area contributed by atoms with Crippen LogP contribution in [0.2, 0.25) is 0 Å². The molecule has 0 saturated heterocycles. The predicted molar refractivity (Wildman–Crippen MR) is 71.1 cm³/mol. The van der Waals surface area contributed by atoms with Crippen molar-refractivity contribution in [2.24, 2.45) is 0 Å². The highest BCUT2D eigenvalue weighted by molar-refractivity contribution is 7.17. The van der Waals surface area contributed by atoms with Crippen LogP contribution in [0.15, 0.2) is 10.6 Å². The fourth-order valence-electron chi connectivity index (χ4n) is 1.37. The lowest BCUT2D eigenvalue weighted by Crippen LogP contribution is -2.22. The minimum Gasteiger partial charge on any atom is -0.361 e. The maximum atomic E-state index is 11.8. The molecule has 0 aliphatic heterocycles. The van der Waals surface area contributed by atoms with Crippen LogP contribution in [-0.4, -0.2) is 27.8 Å². The van der Waals surface area contributed by atoms with Crippen molar-refractivity contribution < 1.29 is 9.32 Å². The first-order valence-corrected chi connectivity index (χ1v) is 6.78. The lowest BCUT2D eigenvalue weighted by molar-refractivity contribution is 0.0949. The van der Waals surface area contributed by atoms with Gasteiger partial charge in [0.15, 0.2) is 0 Å². The summed E-state index contributed by atoms with van der Waals surface area (Å²) >= 11 is 1.23. The molecule has 0 aromatic carbocycles. The highest BCUT2D eigenvalue weighted by atomic mass is 32.1. The molecule has 102 valence electrons. The third-order valence-electron chi connectivity index (χ3n) is 2.25. The minimum absolute atomic E-state index is 0.261. The molecule has 19 heavy (non-hydrogen) atoms. The van der Waals surface area contributed by atoms with E-state index in [1.165, 1.54) is 11.3 Å². The Labute approximate surface area is 114 Å². The predicted octanol–water partition coefficient (Wildman–Crippen LogP) is 1.59. The van der Waals surface area contributed by atoms with E-state index in [0.717, 1.165) is 13.0 Å². The van der Waals surface area contributed by atoms with E-state index in [-0.39, 0.29) is 5.91 Å². The van der Waals surface area contributed by atoms with Crippen molar-refractivity contribution in [2.45, 2.75) is 26.8 Å². The number of carbonyl (C=O) groups excluding carboxylic acids is 1. The van der Waals surface area contributed by atoms with Crippen LogP contribution in [0.1, 0.15) is 34.6 Å². The van der Waals surface area contributed by atoms with E-state index in [1.807, 2.05) is 0 Å². The van der Waals surface area contributed by atoms with Crippen LogP contribution in [0.25, 0.3) is 0 Å². The topological polar surface area (TPSA) is 92.9 Å². The van der Waals surface area contributed by atoms with Gasteiger partial charge in [-0.2, -0.15) is 0 Å². The van der Waals surface area contributed by atoms with Crippen LogP contribution in [0, 0.1) is 6.92 Å². The van der Waals surface area contributed by atoms with Gasteiger partial charge < -0.3 is 15.2 Å². The van der Waals surface area contributed by atoms with Gasteiger partial charge in [-0.05, 0) is 13.3 Å². The number of aryl methyl sites for hydroxylation is 1. The maximum absolute atomic E-state index is 11.8. The zero-order valence-electron chi connectivity index (χ0n) is 10.8. The molecule has 2 N–H and O–H groups in total. The summed E-state index contributed by atoms with van der Waals surface area (Å²) in [5.74, 6) is 0.453. The number of hydrogen-bond acceptors (Lipinski definition) is 7. The normalized spacial score (nSPS) is 10.4. The Morgan fingerprint density at radius 3 is 3.00 bits per heavy atom. The summed E-state index contributed by atoms with van der Waals surface area (Å²) in [7, 11) is 0. The number of amides is 1. The van der Waals surface area contributed by atoms with Crippen molar-refractivity contribution in [3.63, 3.8) is 0 Å². The van der Waals surface area contributed by atoms with Gasteiger partial charge in [-0.1, -0.05) is 23.4 Å². The van der Waals surface area contributed by atoms with Gasteiger partial charge in [-0.15, -0.1) is 10.2 Å². The molecule has 7 nitrogen and oxygen atoms in total. The molecule has 0 spiro atoms. The molecule has 2 aromatic heterocycles. The van der Waals surface area contributed by atoms with Crippen LogP contribution >= 0.6 is 11.3 Å². The van der Waals surface area contributed by atoms with Gasteiger partial charge in [-0.25, -0.2) is 0 Å². The SMILES string of the molecule is CCCNc1nnc(C(=O)NCc2cc(C)on2)s1. The van der Waals surface area contributed by atoms with Gasteiger partial charge in [0.2, 0.25) is 10.1 Å². The van der Waals surface area contributed by atoms with Gasteiger partial charge in [0, 0.05) is 12.6 Å². The molecular weight excluding hydrogens is 266 g/mol. The van der Waals surface area contributed by atoms with E-state index in [2.05, 4.69) is 32.9 Å². The molecule has 0 saturated carbocycles. The van der Waals surface area contributed by atoms with Gasteiger partial charge in [-0.3, -0.25) is 4.79 Å². The number of nitrogens with one attached hydrogen (secondary N) is 2. The minimum atomic E-state index is -0.261. The van der Waals surface area contributed by atoms with E-state index in [0.29, 0.717) is 28.1 Å². The van der Waals surface area contributed by atoms with Gasteiger partial charge in [0.1, 0.15) is 11.5 Å². The first-order valence-electron chi connectivity index (χ1n) is 5.97. The standard InChI is InChI=1S/C11H15N5O2S/c1-3-4-12-11-15-14-10(19-11)9(17)13-6-8-5-7(2)18-16-8/h5H,3-4,6H2,1-2H3,(H,12,15)(H,13,17). The van der Waals surface area contributed by atoms with E-state index in [4.69, 9.17) is 4.52 Å². The average molecular weight is 281 g/mol. The van der Waals surface area contributed by atoms with Crippen molar-refractivity contribution in [1.82, 2.24) is 20.7 Å². The summed E-state index contributed by atoms with van der Waals surface area (Å²) in [6.45, 7) is 4.98. The molecule has 2 heterocycles. The zero-order valence-corrected chi connectivity index (χ0v) is 11.6. The molecule has 0 unspecified atom stereocenters. The highest BCUT2D eigenvalue weighted by Gasteiger charge is 2.13. The Kier molecular flexibility index (Phi) is 4.45. The van der Waals surface area contributed by atoms with Crippen molar-refractivity contribution >= 4 is 22.4 Å². The molecule has 1 amide bonds. The Morgan fingerprint density at radius 2 is 2.32 bits per heavy atom. The van der Waals surface area contributed by atoms with Crippen molar-refractivity contribution in [2.75, 3.05) is 11.9 Å². The second-order valence-electron chi connectivity index (χ2n) is 3.95. The number of anilines is 1. The van der Waals surface area contributed by atoms with Crippen LogP contribution in [0.5, 0.6) is 0 Å². The molecule has 8 heteroatoms. The van der Waals surface area contributed by atoms with E-state index in [9.17, 15) is 4.79 Å². The van der Waals surface area contributed by atoms with Crippen LogP contribution in [0.3, 0.4) is 0 Å². The number of aromatic nitrogens is 3. The van der Waals surface area contributed by atoms with Crippen molar-refractivity contribution in [3.8, 4) is 0 Å². The summed E-state index contributed by atoms with van der Waals surface area (Å²) in [6, 6.07) is 1.77. The summed E-state index contributed by atoms with van der Waals surface area (Å²) in [6.07, 6.45) is 0.993. The Hall–Kier alpha value is -1.96. The van der Waals surface area contributed by atoms with Crippen LogP contribution in [-0.2, 0) is 6.54 Å². The average Bonchev–Trinajstić information content (AvgIpc) is 3.02. The zero-order chi connectivity index (χ0) is 13.7. The summed E-state index contributed by atoms with van der Waals surface area (Å²) in [4.78, 5) is 11.8. The van der Waals surface area contributed by atoms with Crippen LogP contribution in [0.4, 0.5) is 5.13 Å².